The van der Waals surface area contributed by atoms with E-state index in [2.05, 4.69) is 4.98 Å². The smallest absolute Gasteiger partial charge is 0.396 e. The van der Waals surface area contributed by atoms with Gasteiger partial charge in [0.2, 0.25) is 5.72 Å². The number of nitrogens with zero attached hydrogens (tertiary/aromatic N) is 4. The van der Waals surface area contributed by atoms with Gasteiger partial charge in [0.15, 0.2) is 0 Å². The number of hydrogen-bond acceptors (Lipinski definition) is 6. The number of methoxy groups -OCH3 is 1. The zero-order chi connectivity index (χ0) is 20.4. The minimum atomic E-state index is -1.35. The lowest BCUT2D eigenvalue weighted by molar-refractivity contribution is -0.685. The van der Waals surface area contributed by atoms with Gasteiger partial charge in [0.25, 0.3) is 5.69 Å². The van der Waals surface area contributed by atoms with Gasteiger partial charge in [0.05, 0.1) is 24.8 Å². The zero-order valence-electron chi connectivity index (χ0n) is 15.9. The molecule has 3 aromatic rings. The van der Waals surface area contributed by atoms with Crippen LogP contribution >= 0.6 is 0 Å². The highest BCUT2D eigenvalue weighted by atomic mass is 16.6. The molecule has 1 aromatic heterocycles. The highest BCUT2D eigenvalue weighted by Gasteiger charge is 2.51. The predicted octanol–water partition coefficient (Wildman–Crippen LogP) is 2.19. The number of aliphatic hydroxyl groups is 1. The molecular weight excluding hydrogens is 372 g/mol. The van der Waals surface area contributed by atoms with Gasteiger partial charge in [0, 0.05) is 30.2 Å². The molecule has 0 saturated heterocycles. The lowest BCUT2D eigenvalue weighted by atomic mass is 10.0. The molecule has 0 spiro atoms. The van der Waals surface area contributed by atoms with Crippen molar-refractivity contribution in [3.63, 3.8) is 0 Å². The second-order valence-corrected chi connectivity index (χ2v) is 6.92. The number of hydrogen-bond donors (Lipinski definition) is 1. The average molecular weight is 393 g/mol. The van der Waals surface area contributed by atoms with E-state index in [1.807, 2.05) is 46.0 Å². The molecule has 2 heterocycles. The summed E-state index contributed by atoms with van der Waals surface area (Å²) in [6, 6.07) is 15.6. The average Bonchev–Trinajstić information content (AvgIpc) is 3.04. The topological polar surface area (TPSA) is 92.6 Å². The van der Waals surface area contributed by atoms with Crippen molar-refractivity contribution in [1.82, 2.24) is 4.98 Å². The third-order valence-electron chi connectivity index (χ3n) is 5.18. The van der Waals surface area contributed by atoms with E-state index >= 15 is 0 Å². The van der Waals surface area contributed by atoms with Crippen LogP contribution in [0.1, 0.15) is 11.1 Å². The highest BCUT2D eigenvalue weighted by molar-refractivity contribution is 5.42. The van der Waals surface area contributed by atoms with E-state index < -0.39 is 10.6 Å². The number of non-ortho nitro benzene ring substituents is 1. The summed E-state index contributed by atoms with van der Waals surface area (Å²) >= 11 is 0. The summed E-state index contributed by atoms with van der Waals surface area (Å²) in [4.78, 5) is 16.8. The van der Waals surface area contributed by atoms with E-state index in [0.29, 0.717) is 24.5 Å². The number of aromatic nitrogens is 2. The normalized spacial score (nSPS) is 17.8. The van der Waals surface area contributed by atoms with Crippen molar-refractivity contribution in [2.75, 3.05) is 18.6 Å². The molecule has 8 heteroatoms. The van der Waals surface area contributed by atoms with Crippen molar-refractivity contribution in [2.24, 2.45) is 0 Å². The maximum absolute atomic E-state index is 11.6. The SMILES string of the molecule is COc1cccc(CCN2c3nccc[n+]3CC2(O)c2ccc([N+](=O)[O-])cc2)c1. The highest BCUT2D eigenvalue weighted by Crippen LogP contribution is 2.34. The van der Waals surface area contributed by atoms with Gasteiger partial charge in [-0.1, -0.05) is 17.1 Å². The molecule has 1 N–H and O–H groups in total. The fourth-order valence-electron chi connectivity index (χ4n) is 3.68. The van der Waals surface area contributed by atoms with Crippen LogP contribution in [0.2, 0.25) is 0 Å². The molecule has 29 heavy (non-hydrogen) atoms. The Kier molecular flexibility index (Phi) is 4.85. The standard InChI is InChI=1S/C21H21N4O4/c1-29-19-5-2-4-16(14-19)10-13-24-20-22-11-3-12-23(20)15-21(24,26)17-6-8-18(9-7-17)25(27)28/h2-9,11-12,14,26H,10,13,15H2,1H3/q+1. The molecule has 1 atom stereocenters. The molecule has 0 fully saturated rings. The summed E-state index contributed by atoms with van der Waals surface area (Å²) in [6.07, 6.45) is 4.22. The van der Waals surface area contributed by atoms with Crippen molar-refractivity contribution >= 4 is 11.6 Å². The molecule has 2 aromatic carbocycles. The number of rotatable bonds is 6. The van der Waals surface area contributed by atoms with Crippen LogP contribution in [0.3, 0.4) is 0 Å². The fraction of sp³-hybridized carbons (Fsp3) is 0.238. The third-order valence-corrected chi connectivity index (χ3v) is 5.18. The van der Waals surface area contributed by atoms with Crippen molar-refractivity contribution in [3.8, 4) is 5.75 Å². The lowest BCUT2D eigenvalue weighted by Crippen LogP contribution is -2.46. The van der Waals surface area contributed by atoms with Crippen molar-refractivity contribution in [2.45, 2.75) is 18.7 Å². The van der Waals surface area contributed by atoms with Gasteiger partial charge in [-0.3, -0.25) is 10.1 Å². The third kappa shape index (κ3) is 3.50. The molecule has 148 valence electrons. The zero-order valence-corrected chi connectivity index (χ0v) is 15.9. The lowest BCUT2D eigenvalue weighted by Gasteiger charge is -2.28. The summed E-state index contributed by atoms with van der Waals surface area (Å²) in [5.41, 5.74) is 0.292. The van der Waals surface area contributed by atoms with E-state index in [1.54, 1.807) is 25.4 Å². The number of benzene rings is 2. The summed E-state index contributed by atoms with van der Waals surface area (Å²) < 4.78 is 7.17. The second-order valence-electron chi connectivity index (χ2n) is 6.92. The minimum Gasteiger partial charge on any atom is -0.497 e. The Morgan fingerprint density at radius 1 is 1.28 bits per heavy atom. The van der Waals surface area contributed by atoms with Gasteiger partial charge < -0.3 is 9.84 Å². The van der Waals surface area contributed by atoms with Crippen molar-refractivity contribution < 1.29 is 19.3 Å². The summed E-state index contributed by atoms with van der Waals surface area (Å²) in [5, 5.41) is 22.6. The molecule has 4 rings (SSSR count). The van der Waals surface area contributed by atoms with Crippen LogP contribution in [-0.4, -0.2) is 28.7 Å². The largest absolute Gasteiger partial charge is 0.497 e. The number of nitro groups is 1. The minimum absolute atomic E-state index is 0.0124. The summed E-state index contributed by atoms with van der Waals surface area (Å²) in [6.45, 7) is 0.795. The van der Waals surface area contributed by atoms with Crippen LogP contribution in [0.4, 0.5) is 11.6 Å². The monoisotopic (exact) mass is 393 g/mol. The molecule has 0 aliphatic carbocycles. The molecule has 0 amide bonds. The first kappa shape index (κ1) is 18.8. The van der Waals surface area contributed by atoms with Crippen LogP contribution < -0.4 is 14.2 Å². The summed E-state index contributed by atoms with van der Waals surface area (Å²) in [7, 11) is 1.63. The Morgan fingerprint density at radius 3 is 2.79 bits per heavy atom. The maximum atomic E-state index is 11.6. The van der Waals surface area contributed by atoms with E-state index in [9.17, 15) is 15.2 Å². The van der Waals surface area contributed by atoms with Crippen LogP contribution in [0.15, 0.2) is 67.0 Å². The molecule has 1 aliphatic heterocycles. The van der Waals surface area contributed by atoms with Gasteiger partial charge >= 0.3 is 5.95 Å². The molecule has 0 bridgehead atoms. The first-order valence-corrected chi connectivity index (χ1v) is 9.23. The Bertz CT molecular complexity index is 1040. The van der Waals surface area contributed by atoms with E-state index in [-0.39, 0.29) is 12.2 Å². The van der Waals surface area contributed by atoms with Crippen LogP contribution in [-0.2, 0) is 18.7 Å². The second kappa shape index (κ2) is 7.48. The van der Waals surface area contributed by atoms with Gasteiger partial charge in [0.1, 0.15) is 18.5 Å². The van der Waals surface area contributed by atoms with Crippen LogP contribution in [0, 0.1) is 10.1 Å². The van der Waals surface area contributed by atoms with E-state index in [4.69, 9.17) is 4.74 Å². The fourth-order valence-corrected chi connectivity index (χ4v) is 3.68. The Labute approximate surface area is 167 Å². The van der Waals surface area contributed by atoms with E-state index in [1.165, 1.54) is 12.1 Å². The van der Waals surface area contributed by atoms with Crippen molar-refractivity contribution in [1.29, 1.82) is 0 Å². The molecule has 0 radical (unpaired) electrons. The van der Waals surface area contributed by atoms with Gasteiger partial charge in [-0.25, -0.2) is 9.47 Å². The maximum Gasteiger partial charge on any atom is 0.396 e. The number of ether oxygens (including phenoxy) is 1. The number of fused-ring (bicyclic) bond motifs is 1. The number of anilines is 1. The number of nitro benzene ring substituents is 1. The first-order chi connectivity index (χ1) is 14.0. The van der Waals surface area contributed by atoms with Crippen molar-refractivity contribution in [3.05, 3.63) is 88.2 Å². The molecule has 1 unspecified atom stereocenters. The van der Waals surface area contributed by atoms with E-state index in [0.717, 1.165) is 11.3 Å². The first-order valence-electron chi connectivity index (χ1n) is 9.23. The molecule has 0 saturated carbocycles. The van der Waals surface area contributed by atoms with Crippen LogP contribution in [0.25, 0.3) is 0 Å². The Balaban J connectivity index is 1.66. The van der Waals surface area contributed by atoms with Gasteiger partial charge in [-0.15, -0.1) is 0 Å². The molecule has 8 nitrogen and oxygen atoms in total. The quantitative estimate of drug-likeness (QED) is 0.392. The Morgan fingerprint density at radius 2 is 2.07 bits per heavy atom. The summed E-state index contributed by atoms with van der Waals surface area (Å²) in [5.74, 6) is 1.43. The Hall–Kier alpha value is -3.52. The molecule has 1 aliphatic rings. The van der Waals surface area contributed by atoms with Gasteiger partial charge in [-0.05, 0) is 29.8 Å². The molecular formula is C21H21N4O4+. The van der Waals surface area contributed by atoms with Crippen LogP contribution in [0.5, 0.6) is 5.75 Å². The predicted molar refractivity (Wildman–Crippen MR) is 105 cm³/mol. The van der Waals surface area contributed by atoms with Gasteiger partial charge in [-0.2, -0.15) is 0 Å².